The molecule has 3 N–H and O–H groups in total. The summed E-state index contributed by atoms with van der Waals surface area (Å²) in [6.07, 6.45) is 0.547. The first-order valence-electron chi connectivity index (χ1n) is 6.04. The molecule has 1 rings (SSSR count). The summed E-state index contributed by atoms with van der Waals surface area (Å²) in [4.78, 5) is 11.7. The Morgan fingerprint density at radius 1 is 1.35 bits per heavy atom. The molecule has 0 spiro atoms. The lowest BCUT2D eigenvalue weighted by Crippen LogP contribution is -2.15. The zero-order valence-corrected chi connectivity index (χ0v) is 11.1. The topological polar surface area (TPSA) is 55.1 Å². The average molecular weight is 234 g/mol. The maximum Gasteiger partial charge on any atom is 0.224 e. The van der Waals surface area contributed by atoms with Crippen LogP contribution in [0.1, 0.15) is 37.0 Å². The fourth-order valence-electron chi connectivity index (χ4n) is 1.91. The lowest BCUT2D eigenvalue weighted by Gasteiger charge is -2.14. The molecular weight excluding hydrogens is 212 g/mol. The van der Waals surface area contributed by atoms with Crippen molar-refractivity contribution in [1.29, 1.82) is 0 Å². The Bertz CT molecular complexity index is 411. The SMILES string of the molecule is Cc1ccc(NC(=O)CC(C)C)c(C)c1CN. The van der Waals surface area contributed by atoms with E-state index in [1.807, 2.05) is 39.8 Å². The minimum Gasteiger partial charge on any atom is -0.326 e. The standard InChI is InChI=1S/C14H22N2O/c1-9(2)7-14(17)16-13-6-5-10(3)12(8-15)11(13)4/h5-6,9H,7-8,15H2,1-4H3,(H,16,17). The molecule has 0 atom stereocenters. The lowest BCUT2D eigenvalue weighted by atomic mass is 10.0. The van der Waals surface area contributed by atoms with Crippen LogP contribution in [0.3, 0.4) is 0 Å². The van der Waals surface area contributed by atoms with Crippen LogP contribution in [0.2, 0.25) is 0 Å². The maximum atomic E-state index is 11.7. The van der Waals surface area contributed by atoms with Crippen molar-refractivity contribution in [1.82, 2.24) is 0 Å². The molecule has 3 nitrogen and oxygen atoms in total. The highest BCUT2D eigenvalue weighted by Crippen LogP contribution is 2.22. The number of hydrogen-bond donors (Lipinski definition) is 2. The molecule has 1 amide bonds. The Kier molecular flexibility index (Phi) is 4.70. The number of anilines is 1. The molecule has 0 aliphatic rings. The van der Waals surface area contributed by atoms with Gasteiger partial charge in [-0.3, -0.25) is 4.79 Å². The molecule has 3 heteroatoms. The Labute approximate surface area is 103 Å². The fourth-order valence-corrected chi connectivity index (χ4v) is 1.91. The second kappa shape index (κ2) is 5.82. The maximum absolute atomic E-state index is 11.7. The van der Waals surface area contributed by atoms with Gasteiger partial charge in [-0.25, -0.2) is 0 Å². The highest BCUT2D eigenvalue weighted by atomic mass is 16.1. The normalized spacial score (nSPS) is 10.7. The molecule has 0 saturated heterocycles. The largest absolute Gasteiger partial charge is 0.326 e. The van der Waals surface area contributed by atoms with E-state index in [0.29, 0.717) is 18.9 Å². The molecule has 1 aromatic carbocycles. The summed E-state index contributed by atoms with van der Waals surface area (Å²) in [7, 11) is 0. The van der Waals surface area contributed by atoms with E-state index in [-0.39, 0.29) is 5.91 Å². The predicted octanol–water partition coefficient (Wildman–Crippen LogP) is 2.75. The first kappa shape index (κ1) is 13.7. The third kappa shape index (κ3) is 3.56. The molecule has 0 radical (unpaired) electrons. The van der Waals surface area contributed by atoms with E-state index in [2.05, 4.69) is 5.32 Å². The van der Waals surface area contributed by atoms with Gasteiger partial charge in [0.25, 0.3) is 0 Å². The molecule has 0 bridgehead atoms. The molecular formula is C14H22N2O. The summed E-state index contributed by atoms with van der Waals surface area (Å²) < 4.78 is 0. The van der Waals surface area contributed by atoms with Crippen molar-refractivity contribution in [3.63, 3.8) is 0 Å². The van der Waals surface area contributed by atoms with Crippen LogP contribution in [-0.2, 0) is 11.3 Å². The van der Waals surface area contributed by atoms with E-state index < -0.39 is 0 Å². The Hall–Kier alpha value is -1.35. The van der Waals surface area contributed by atoms with Crippen molar-refractivity contribution in [2.45, 2.75) is 40.7 Å². The lowest BCUT2D eigenvalue weighted by molar-refractivity contribution is -0.116. The van der Waals surface area contributed by atoms with Crippen molar-refractivity contribution in [2.24, 2.45) is 11.7 Å². The molecule has 0 saturated carbocycles. The molecule has 94 valence electrons. The zero-order chi connectivity index (χ0) is 13.0. The van der Waals surface area contributed by atoms with Gasteiger partial charge in [-0.05, 0) is 42.5 Å². The van der Waals surface area contributed by atoms with E-state index >= 15 is 0 Å². The second-order valence-electron chi connectivity index (χ2n) is 4.88. The van der Waals surface area contributed by atoms with Crippen LogP contribution in [0.4, 0.5) is 5.69 Å². The number of carbonyl (C=O) groups is 1. The van der Waals surface area contributed by atoms with Gasteiger partial charge in [0.2, 0.25) is 5.91 Å². The van der Waals surface area contributed by atoms with Crippen LogP contribution < -0.4 is 11.1 Å². The third-order valence-corrected chi connectivity index (χ3v) is 2.90. The highest BCUT2D eigenvalue weighted by Gasteiger charge is 2.10. The van der Waals surface area contributed by atoms with Gasteiger partial charge < -0.3 is 11.1 Å². The van der Waals surface area contributed by atoms with Gasteiger partial charge in [0.05, 0.1) is 0 Å². The monoisotopic (exact) mass is 234 g/mol. The number of nitrogens with two attached hydrogens (primary N) is 1. The average Bonchev–Trinajstić information content (AvgIpc) is 2.22. The number of aryl methyl sites for hydroxylation is 1. The van der Waals surface area contributed by atoms with Crippen molar-refractivity contribution >= 4 is 11.6 Å². The Morgan fingerprint density at radius 2 is 2.00 bits per heavy atom. The van der Waals surface area contributed by atoms with E-state index in [9.17, 15) is 4.79 Å². The summed E-state index contributed by atoms with van der Waals surface area (Å²) in [6.45, 7) is 8.61. The number of rotatable bonds is 4. The van der Waals surface area contributed by atoms with Gasteiger partial charge in [-0.1, -0.05) is 19.9 Å². The van der Waals surface area contributed by atoms with Crippen LogP contribution in [0, 0.1) is 19.8 Å². The van der Waals surface area contributed by atoms with Crippen LogP contribution in [0.5, 0.6) is 0 Å². The molecule has 0 aliphatic carbocycles. The molecule has 1 aromatic rings. The van der Waals surface area contributed by atoms with Gasteiger partial charge in [0.15, 0.2) is 0 Å². The van der Waals surface area contributed by atoms with Crippen molar-refractivity contribution in [2.75, 3.05) is 5.32 Å². The molecule has 0 aromatic heterocycles. The number of nitrogens with one attached hydrogen (secondary N) is 1. The summed E-state index contributed by atoms with van der Waals surface area (Å²) in [5.74, 6) is 0.435. The van der Waals surface area contributed by atoms with E-state index in [0.717, 1.165) is 16.8 Å². The second-order valence-corrected chi connectivity index (χ2v) is 4.88. The van der Waals surface area contributed by atoms with Gasteiger partial charge >= 0.3 is 0 Å². The van der Waals surface area contributed by atoms with Gasteiger partial charge in [-0.15, -0.1) is 0 Å². The van der Waals surface area contributed by atoms with E-state index in [4.69, 9.17) is 5.73 Å². The summed E-state index contributed by atoms with van der Waals surface area (Å²) in [5.41, 5.74) is 9.96. The first-order chi connectivity index (χ1) is 7.95. The predicted molar refractivity (Wildman–Crippen MR) is 71.9 cm³/mol. The van der Waals surface area contributed by atoms with Crippen LogP contribution in [-0.4, -0.2) is 5.91 Å². The van der Waals surface area contributed by atoms with Gasteiger partial charge in [0, 0.05) is 18.7 Å². The Morgan fingerprint density at radius 3 is 2.53 bits per heavy atom. The van der Waals surface area contributed by atoms with E-state index in [1.54, 1.807) is 0 Å². The molecule has 0 aliphatic heterocycles. The zero-order valence-electron chi connectivity index (χ0n) is 11.1. The van der Waals surface area contributed by atoms with Gasteiger partial charge in [0.1, 0.15) is 0 Å². The molecule has 0 heterocycles. The Balaban J connectivity index is 2.89. The molecule has 0 unspecified atom stereocenters. The third-order valence-electron chi connectivity index (χ3n) is 2.90. The van der Waals surface area contributed by atoms with Gasteiger partial charge in [-0.2, -0.15) is 0 Å². The summed E-state index contributed by atoms with van der Waals surface area (Å²) >= 11 is 0. The summed E-state index contributed by atoms with van der Waals surface area (Å²) in [5, 5.41) is 2.95. The van der Waals surface area contributed by atoms with Crippen molar-refractivity contribution < 1.29 is 4.79 Å². The van der Waals surface area contributed by atoms with Crippen molar-refractivity contribution in [3.8, 4) is 0 Å². The van der Waals surface area contributed by atoms with Crippen LogP contribution >= 0.6 is 0 Å². The number of benzene rings is 1. The summed E-state index contributed by atoms with van der Waals surface area (Å²) in [6, 6.07) is 3.95. The number of carbonyl (C=O) groups excluding carboxylic acids is 1. The highest BCUT2D eigenvalue weighted by molar-refractivity contribution is 5.91. The number of amides is 1. The minimum absolute atomic E-state index is 0.0647. The van der Waals surface area contributed by atoms with Crippen molar-refractivity contribution in [3.05, 3.63) is 28.8 Å². The number of hydrogen-bond acceptors (Lipinski definition) is 2. The minimum atomic E-state index is 0.0647. The van der Waals surface area contributed by atoms with Crippen LogP contribution in [0.25, 0.3) is 0 Å². The smallest absolute Gasteiger partial charge is 0.224 e. The molecule has 0 fully saturated rings. The fraction of sp³-hybridized carbons (Fsp3) is 0.500. The van der Waals surface area contributed by atoms with E-state index in [1.165, 1.54) is 5.56 Å². The van der Waals surface area contributed by atoms with Crippen LogP contribution in [0.15, 0.2) is 12.1 Å². The quantitative estimate of drug-likeness (QED) is 0.841. The first-order valence-corrected chi connectivity index (χ1v) is 6.04. The molecule has 17 heavy (non-hydrogen) atoms.